The molecule has 1 N–H and O–H groups in total. The van der Waals surface area contributed by atoms with Crippen molar-refractivity contribution in [1.29, 1.82) is 0 Å². The standard InChI is InChI=1S/C7H13NO4S/c1-12-7(9)5-3-8-4-6(5)13(2,10)11/h5-6,8H,3-4H2,1-2H3. The molecule has 1 rings (SSSR count). The van der Waals surface area contributed by atoms with Crippen molar-refractivity contribution < 1.29 is 17.9 Å². The lowest BCUT2D eigenvalue weighted by Gasteiger charge is -2.13. The largest absolute Gasteiger partial charge is 0.469 e. The minimum absolute atomic E-state index is 0.332. The van der Waals surface area contributed by atoms with Gasteiger partial charge in [0.05, 0.1) is 18.3 Å². The molecule has 0 aromatic heterocycles. The van der Waals surface area contributed by atoms with Crippen molar-refractivity contribution in [1.82, 2.24) is 5.32 Å². The molecule has 1 heterocycles. The summed E-state index contributed by atoms with van der Waals surface area (Å²) in [6.45, 7) is 0.711. The Labute approximate surface area is 77.4 Å². The highest BCUT2D eigenvalue weighted by Gasteiger charge is 2.39. The average molecular weight is 207 g/mol. The number of carbonyl (C=O) groups excluding carboxylic acids is 1. The Morgan fingerprint density at radius 2 is 2.08 bits per heavy atom. The van der Waals surface area contributed by atoms with Gasteiger partial charge < -0.3 is 10.1 Å². The highest BCUT2D eigenvalue weighted by Crippen LogP contribution is 2.17. The van der Waals surface area contributed by atoms with Crippen LogP contribution in [-0.4, -0.2) is 46.1 Å². The van der Waals surface area contributed by atoms with Crippen LogP contribution >= 0.6 is 0 Å². The van der Waals surface area contributed by atoms with Gasteiger partial charge in [-0.3, -0.25) is 4.79 Å². The summed E-state index contributed by atoms with van der Waals surface area (Å²) in [5.74, 6) is -1.01. The molecule has 1 fully saturated rings. The number of carbonyl (C=O) groups is 1. The molecule has 76 valence electrons. The van der Waals surface area contributed by atoms with Crippen LogP contribution in [0.3, 0.4) is 0 Å². The van der Waals surface area contributed by atoms with Crippen molar-refractivity contribution in [3.8, 4) is 0 Å². The number of esters is 1. The van der Waals surface area contributed by atoms with E-state index in [9.17, 15) is 13.2 Å². The fraction of sp³-hybridized carbons (Fsp3) is 0.857. The van der Waals surface area contributed by atoms with Gasteiger partial charge in [0, 0.05) is 19.3 Å². The Balaban J connectivity index is 2.82. The van der Waals surface area contributed by atoms with E-state index in [-0.39, 0.29) is 0 Å². The molecule has 0 bridgehead atoms. The minimum Gasteiger partial charge on any atom is -0.469 e. The summed E-state index contributed by atoms with van der Waals surface area (Å²) < 4.78 is 26.9. The van der Waals surface area contributed by atoms with Gasteiger partial charge in [0.2, 0.25) is 0 Å². The van der Waals surface area contributed by atoms with Crippen LogP contribution in [0.25, 0.3) is 0 Å². The molecule has 6 heteroatoms. The smallest absolute Gasteiger partial charge is 0.311 e. The maximum absolute atomic E-state index is 11.2. The minimum atomic E-state index is -3.17. The van der Waals surface area contributed by atoms with Crippen LogP contribution in [0.4, 0.5) is 0 Å². The summed E-state index contributed by atoms with van der Waals surface area (Å²) in [6.07, 6.45) is 1.14. The molecule has 1 aliphatic heterocycles. The van der Waals surface area contributed by atoms with Crippen LogP contribution in [-0.2, 0) is 19.4 Å². The van der Waals surface area contributed by atoms with Gasteiger partial charge in [0.25, 0.3) is 0 Å². The predicted octanol–water partition coefficient (Wildman–Crippen LogP) is -1.21. The van der Waals surface area contributed by atoms with E-state index in [1.54, 1.807) is 0 Å². The zero-order chi connectivity index (χ0) is 10.1. The maximum Gasteiger partial charge on any atom is 0.311 e. The van der Waals surface area contributed by atoms with E-state index in [1.807, 2.05) is 0 Å². The Morgan fingerprint density at radius 3 is 2.54 bits per heavy atom. The second-order valence-corrected chi connectivity index (χ2v) is 5.42. The van der Waals surface area contributed by atoms with Crippen molar-refractivity contribution in [2.75, 3.05) is 26.5 Å². The Kier molecular flexibility index (Phi) is 2.92. The molecule has 1 aliphatic rings. The molecule has 0 spiro atoms. The lowest BCUT2D eigenvalue weighted by molar-refractivity contribution is -0.144. The van der Waals surface area contributed by atoms with Gasteiger partial charge in [-0.2, -0.15) is 0 Å². The molecular formula is C7H13NO4S. The predicted molar refractivity (Wildman–Crippen MR) is 47.0 cm³/mol. The van der Waals surface area contributed by atoms with Crippen LogP contribution in [0, 0.1) is 5.92 Å². The van der Waals surface area contributed by atoms with Crippen LogP contribution in [0.5, 0.6) is 0 Å². The molecule has 0 aromatic carbocycles. The SMILES string of the molecule is COC(=O)C1CNCC1S(C)(=O)=O. The Bertz CT molecular complexity index is 298. The molecule has 0 saturated carbocycles. The van der Waals surface area contributed by atoms with E-state index >= 15 is 0 Å². The molecule has 13 heavy (non-hydrogen) atoms. The van der Waals surface area contributed by atoms with E-state index in [0.29, 0.717) is 13.1 Å². The zero-order valence-corrected chi connectivity index (χ0v) is 8.43. The first-order valence-corrected chi connectivity index (χ1v) is 5.89. The molecular weight excluding hydrogens is 194 g/mol. The van der Waals surface area contributed by atoms with Gasteiger partial charge in [0.15, 0.2) is 9.84 Å². The van der Waals surface area contributed by atoms with Crippen molar-refractivity contribution in [2.24, 2.45) is 5.92 Å². The fourth-order valence-electron chi connectivity index (χ4n) is 1.49. The molecule has 2 atom stereocenters. The van der Waals surface area contributed by atoms with Gasteiger partial charge in [-0.1, -0.05) is 0 Å². The molecule has 2 unspecified atom stereocenters. The quantitative estimate of drug-likeness (QED) is 0.575. The first-order valence-electron chi connectivity index (χ1n) is 3.94. The van der Waals surface area contributed by atoms with Gasteiger partial charge in [-0.15, -0.1) is 0 Å². The summed E-state index contributed by atoms with van der Waals surface area (Å²) in [5, 5.41) is 2.23. The Hall–Kier alpha value is -0.620. The number of ether oxygens (including phenoxy) is 1. The summed E-state index contributed by atoms with van der Waals surface area (Å²) >= 11 is 0. The number of sulfone groups is 1. The van der Waals surface area contributed by atoms with Crippen LogP contribution < -0.4 is 5.32 Å². The van der Waals surface area contributed by atoms with Crippen molar-refractivity contribution in [3.05, 3.63) is 0 Å². The topological polar surface area (TPSA) is 72.5 Å². The van der Waals surface area contributed by atoms with Crippen molar-refractivity contribution in [3.63, 3.8) is 0 Å². The maximum atomic E-state index is 11.2. The lowest BCUT2D eigenvalue weighted by Crippen LogP contribution is -2.33. The van der Waals surface area contributed by atoms with Gasteiger partial charge >= 0.3 is 5.97 Å². The van der Waals surface area contributed by atoms with Crippen molar-refractivity contribution >= 4 is 15.8 Å². The highest BCUT2D eigenvalue weighted by molar-refractivity contribution is 7.91. The number of methoxy groups -OCH3 is 1. The Morgan fingerprint density at radius 1 is 1.46 bits per heavy atom. The summed E-state index contributed by atoms with van der Waals surface area (Å²) in [4.78, 5) is 11.1. The van der Waals surface area contributed by atoms with Gasteiger partial charge in [-0.25, -0.2) is 8.42 Å². The third kappa shape index (κ3) is 2.19. The summed E-state index contributed by atoms with van der Waals surface area (Å²) in [7, 11) is -1.91. The number of hydrogen-bond donors (Lipinski definition) is 1. The second kappa shape index (κ2) is 3.63. The molecule has 0 amide bonds. The molecule has 1 saturated heterocycles. The van der Waals surface area contributed by atoms with E-state index in [4.69, 9.17) is 0 Å². The van der Waals surface area contributed by atoms with Crippen LogP contribution in [0.2, 0.25) is 0 Å². The number of nitrogens with one attached hydrogen (secondary N) is 1. The van der Waals surface area contributed by atoms with E-state index in [2.05, 4.69) is 10.1 Å². The first kappa shape index (κ1) is 10.5. The van der Waals surface area contributed by atoms with Crippen LogP contribution in [0.15, 0.2) is 0 Å². The third-order valence-electron chi connectivity index (χ3n) is 2.21. The normalized spacial score (nSPS) is 28.8. The number of hydrogen-bond acceptors (Lipinski definition) is 5. The molecule has 0 radical (unpaired) electrons. The van der Waals surface area contributed by atoms with E-state index in [1.165, 1.54) is 7.11 Å². The van der Waals surface area contributed by atoms with Crippen molar-refractivity contribution in [2.45, 2.75) is 5.25 Å². The second-order valence-electron chi connectivity index (χ2n) is 3.16. The summed E-state index contributed by atoms with van der Waals surface area (Å²) in [5.41, 5.74) is 0. The van der Waals surface area contributed by atoms with Gasteiger partial charge in [0.1, 0.15) is 0 Å². The monoisotopic (exact) mass is 207 g/mol. The zero-order valence-electron chi connectivity index (χ0n) is 7.61. The molecule has 5 nitrogen and oxygen atoms in total. The summed E-state index contributed by atoms with van der Waals surface area (Å²) in [6, 6.07) is 0. The first-order chi connectivity index (χ1) is 5.96. The van der Waals surface area contributed by atoms with E-state index in [0.717, 1.165) is 6.26 Å². The van der Waals surface area contributed by atoms with Crippen LogP contribution in [0.1, 0.15) is 0 Å². The molecule has 0 aliphatic carbocycles. The number of rotatable bonds is 2. The van der Waals surface area contributed by atoms with Gasteiger partial charge in [-0.05, 0) is 0 Å². The highest BCUT2D eigenvalue weighted by atomic mass is 32.2. The fourth-order valence-corrected chi connectivity index (χ4v) is 2.72. The lowest BCUT2D eigenvalue weighted by atomic mass is 10.1. The molecule has 0 aromatic rings. The van der Waals surface area contributed by atoms with E-state index < -0.39 is 27.0 Å². The third-order valence-corrected chi connectivity index (χ3v) is 3.81. The average Bonchev–Trinajstić information content (AvgIpc) is 2.49.